The summed E-state index contributed by atoms with van der Waals surface area (Å²) in [6.07, 6.45) is 0.297. The van der Waals surface area contributed by atoms with E-state index in [0.717, 1.165) is 6.07 Å². The van der Waals surface area contributed by atoms with Gasteiger partial charge in [0.25, 0.3) is 5.91 Å². The summed E-state index contributed by atoms with van der Waals surface area (Å²) in [5.74, 6) is -0.214. The van der Waals surface area contributed by atoms with Crippen LogP contribution in [0.5, 0.6) is 23.0 Å². The van der Waals surface area contributed by atoms with E-state index in [1.54, 1.807) is 24.3 Å². The lowest BCUT2D eigenvalue weighted by atomic mass is 10.2. The molecule has 0 saturated carbocycles. The molecular weight excluding hydrogens is 358 g/mol. The largest absolute Gasteiger partial charge is 0.500 e. The van der Waals surface area contributed by atoms with Crippen molar-refractivity contribution in [2.75, 3.05) is 13.7 Å². The molecule has 140 valence electrons. The Morgan fingerprint density at radius 2 is 2.15 bits per heavy atom. The van der Waals surface area contributed by atoms with Crippen LogP contribution in [0.2, 0.25) is 0 Å². The Bertz CT molecular complexity index is 913. The number of ether oxygens (including phenoxy) is 3. The Balaban J connectivity index is 1.68. The molecule has 2 aromatic rings. The Morgan fingerprint density at radius 1 is 1.41 bits per heavy atom. The number of hydrogen-bond donors (Lipinski definition) is 2. The number of aromatic hydroxyl groups is 1. The van der Waals surface area contributed by atoms with Crippen molar-refractivity contribution in [2.24, 2.45) is 5.10 Å². The molecule has 1 aliphatic rings. The average molecular weight is 373 g/mol. The summed E-state index contributed by atoms with van der Waals surface area (Å²) in [5, 5.41) is 24.5. The number of methoxy groups -OCH3 is 1. The number of fused-ring (bicyclic) bond motifs is 1. The van der Waals surface area contributed by atoms with Gasteiger partial charge in [-0.1, -0.05) is 12.1 Å². The van der Waals surface area contributed by atoms with Gasteiger partial charge in [0, 0.05) is 11.6 Å². The average Bonchev–Trinajstić information content (AvgIpc) is 2.68. The fourth-order valence-corrected chi connectivity index (χ4v) is 2.37. The van der Waals surface area contributed by atoms with Gasteiger partial charge in [-0.3, -0.25) is 14.9 Å². The zero-order chi connectivity index (χ0) is 19.4. The number of carbonyl (C=O) groups is 1. The van der Waals surface area contributed by atoms with Crippen molar-refractivity contribution in [3.8, 4) is 23.0 Å². The van der Waals surface area contributed by atoms with Crippen LogP contribution in [0.15, 0.2) is 41.5 Å². The van der Waals surface area contributed by atoms with Gasteiger partial charge in [0.2, 0.25) is 11.9 Å². The predicted octanol–water partition coefficient (Wildman–Crippen LogP) is 1.60. The number of para-hydroxylation sites is 2. The first kappa shape index (κ1) is 18.0. The van der Waals surface area contributed by atoms with Crippen LogP contribution >= 0.6 is 0 Å². The van der Waals surface area contributed by atoms with Crippen LogP contribution in [-0.4, -0.2) is 42.0 Å². The maximum absolute atomic E-state index is 12.1. The normalized spacial score (nSPS) is 15.4. The molecule has 10 heteroatoms. The van der Waals surface area contributed by atoms with Crippen molar-refractivity contribution in [1.82, 2.24) is 5.43 Å². The molecule has 2 N–H and O–H groups in total. The fraction of sp³-hybridized carbons (Fsp3) is 0.176. The molecule has 27 heavy (non-hydrogen) atoms. The number of nitrogens with one attached hydrogen (secondary N) is 1. The lowest BCUT2D eigenvalue weighted by Gasteiger charge is -2.24. The highest BCUT2D eigenvalue weighted by molar-refractivity contribution is 5.86. The lowest BCUT2D eigenvalue weighted by Crippen LogP contribution is -2.42. The van der Waals surface area contributed by atoms with E-state index in [-0.39, 0.29) is 17.9 Å². The molecule has 1 atom stereocenters. The number of phenolic OH excluding ortho intramolecular Hbond substituents is 1. The molecule has 0 fully saturated rings. The Kier molecular flexibility index (Phi) is 5.06. The van der Waals surface area contributed by atoms with Gasteiger partial charge < -0.3 is 19.3 Å². The molecule has 1 amide bonds. The van der Waals surface area contributed by atoms with Crippen molar-refractivity contribution in [1.29, 1.82) is 0 Å². The SMILES string of the molecule is COc1cc(/C=N\NC(=O)[C@H]2COc3ccccc3O2)cc([N+](=O)[O-])c1O. The number of nitro groups is 1. The zero-order valence-electron chi connectivity index (χ0n) is 14.1. The number of hydrogen-bond acceptors (Lipinski definition) is 8. The van der Waals surface area contributed by atoms with E-state index in [1.807, 2.05) is 0 Å². The highest BCUT2D eigenvalue weighted by Crippen LogP contribution is 2.36. The molecule has 0 radical (unpaired) electrons. The molecule has 0 unspecified atom stereocenters. The molecule has 0 aromatic heterocycles. The lowest BCUT2D eigenvalue weighted by molar-refractivity contribution is -0.386. The quantitative estimate of drug-likeness (QED) is 0.462. The van der Waals surface area contributed by atoms with Crippen LogP contribution in [0.4, 0.5) is 5.69 Å². The van der Waals surface area contributed by atoms with Gasteiger partial charge in [-0.25, -0.2) is 5.43 Å². The summed E-state index contributed by atoms with van der Waals surface area (Å²) in [6, 6.07) is 9.40. The summed E-state index contributed by atoms with van der Waals surface area (Å²) in [5.41, 5.74) is 2.00. The van der Waals surface area contributed by atoms with Crippen LogP contribution in [0.25, 0.3) is 0 Å². The molecular formula is C17H15N3O7. The third kappa shape index (κ3) is 3.89. The van der Waals surface area contributed by atoms with E-state index >= 15 is 0 Å². The van der Waals surface area contributed by atoms with Gasteiger partial charge in [0.1, 0.15) is 6.61 Å². The first-order valence-electron chi connectivity index (χ1n) is 7.76. The van der Waals surface area contributed by atoms with Gasteiger partial charge in [-0.05, 0) is 18.2 Å². The summed E-state index contributed by atoms with van der Waals surface area (Å²) < 4.78 is 15.9. The van der Waals surface area contributed by atoms with Crippen molar-refractivity contribution >= 4 is 17.8 Å². The topological polar surface area (TPSA) is 133 Å². The second-order valence-electron chi connectivity index (χ2n) is 5.45. The molecule has 1 heterocycles. The van der Waals surface area contributed by atoms with E-state index in [1.165, 1.54) is 19.4 Å². The minimum absolute atomic E-state index is 0.0247. The third-order valence-electron chi connectivity index (χ3n) is 3.68. The van der Waals surface area contributed by atoms with Crippen LogP contribution in [0, 0.1) is 10.1 Å². The van der Waals surface area contributed by atoms with Crippen LogP contribution < -0.4 is 19.6 Å². The molecule has 0 aliphatic carbocycles. The van der Waals surface area contributed by atoms with Crippen molar-refractivity contribution in [3.63, 3.8) is 0 Å². The monoisotopic (exact) mass is 373 g/mol. The van der Waals surface area contributed by atoms with Gasteiger partial charge in [-0.15, -0.1) is 0 Å². The van der Waals surface area contributed by atoms with Crippen molar-refractivity contribution in [3.05, 3.63) is 52.1 Å². The maximum atomic E-state index is 12.1. The second kappa shape index (κ2) is 7.60. The van der Waals surface area contributed by atoms with Crippen LogP contribution in [-0.2, 0) is 4.79 Å². The van der Waals surface area contributed by atoms with E-state index in [4.69, 9.17) is 14.2 Å². The van der Waals surface area contributed by atoms with E-state index in [2.05, 4.69) is 10.5 Å². The smallest absolute Gasteiger partial charge is 0.315 e. The van der Waals surface area contributed by atoms with Crippen LogP contribution in [0.1, 0.15) is 5.56 Å². The highest BCUT2D eigenvalue weighted by atomic mass is 16.6. The van der Waals surface area contributed by atoms with Crippen LogP contribution in [0.3, 0.4) is 0 Å². The number of hydrazone groups is 1. The molecule has 1 aliphatic heterocycles. The van der Waals surface area contributed by atoms with Crippen molar-refractivity contribution in [2.45, 2.75) is 6.10 Å². The number of phenols is 1. The Labute approximate surface area is 153 Å². The van der Waals surface area contributed by atoms with Gasteiger partial charge in [0.05, 0.1) is 18.2 Å². The number of carbonyl (C=O) groups excluding carboxylic acids is 1. The minimum Gasteiger partial charge on any atom is -0.500 e. The number of nitro benzene ring substituents is 1. The summed E-state index contributed by atoms with van der Waals surface area (Å²) in [6.45, 7) is 0.0247. The molecule has 10 nitrogen and oxygen atoms in total. The van der Waals surface area contributed by atoms with Gasteiger partial charge >= 0.3 is 5.69 Å². The van der Waals surface area contributed by atoms with E-state index < -0.39 is 28.4 Å². The number of benzene rings is 2. The van der Waals surface area contributed by atoms with E-state index in [9.17, 15) is 20.0 Å². The van der Waals surface area contributed by atoms with Gasteiger partial charge in [0.15, 0.2) is 17.2 Å². The third-order valence-corrected chi connectivity index (χ3v) is 3.68. The summed E-state index contributed by atoms with van der Waals surface area (Å²) in [4.78, 5) is 22.4. The second-order valence-corrected chi connectivity index (χ2v) is 5.45. The maximum Gasteiger partial charge on any atom is 0.315 e. The molecule has 3 rings (SSSR count). The first-order chi connectivity index (χ1) is 13.0. The zero-order valence-corrected chi connectivity index (χ0v) is 14.1. The molecule has 0 saturated heterocycles. The Hall–Kier alpha value is -3.82. The number of rotatable bonds is 5. The standard InChI is InChI=1S/C17H15N3O7/c1-25-14-7-10(6-11(16(14)21)20(23)24)8-18-19-17(22)15-9-26-12-4-2-3-5-13(12)27-15/h2-8,15,21H,9H2,1H3,(H,19,22)/b18-8-/t15-/m1/s1. The summed E-state index contributed by atoms with van der Waals surface area (Å²) >= 11 is 0. The fourth-order valence-electron chi connectivity index (χ4n) is 2.37. The molecule has 0 spiro atoms. The first-order valence-corrected chi connectivity index (χ1v) is 7.76. The number of amides is 1. The predicted molar refractivity (Wildman–Crippen MR) is 93.4 cm³/mol. The number of nitrogens with zero attached hydrogens (tertiary/aromatic N) is 2. The van der Waals surface area contributed by atoms with Crippen molar-refractivity contribution < 1.29 is 29.0 Å². The van der Waals surface area contributed by atoms with E-state index in [0.29, 0.717) is 11.5 Å². The molecule has 0 bridgehead atoms. The Morgan fingerprint density at radius 3 is 2.85 bits per heavy atom. The van der Waals surface area contributed by atoms with Gasteiger partial charge in [-0.2, -0.15) is 5.10 Å². The minimum atomic E-state index is -0.888. The molecule has 2 aromatic carbocycles. The summed E-state index contributed by atoms with van der Waals surface area (Å²) in [7, 11) is 1.26. The highest BCUT2D eigenvalue weighted by Gasteiger charge is 2.27.